The third-order valence-electron chi connectivity index (χ3n) is 4.46. The highest BCUT2D eigenvalue weighted by Crippen LogP contribution is 2.32. The van der Waals surface area contributed by atoms with Crippen molar-refractivity contribution in [2.75, 3.05) is 21.3 Å². The molecule has 1 amide bonds. The summed E-state index contributed by atoms with van der Waals surface area (Å²) in [5.74, 6) is 0.313. The lowest BCUT2D eigenvalue weighted by Crippen LogP contribution is -2.25. The van der Waals surface area contributed by atoms with E-state index in [0.29, 0.717) is 6.42 Å². The molecule has 26 heavy (non-hydrogen) atoms. The molecule has 5 nitrogen and oxygen atoms in total. The standard InChI is InChI=1S/C20H21FN2O3/c1-23(26-3)19(24)11-9-16-17-12-14(21)6-10-18(17)22-20(16)13-4-7-15(25-2)8-5-13/h4-8,10,12,22H,9,11H2,1-3H3. The van der Waals surface area contributed by atoms with Crippen LogP contribution in [0.25, 0.3) is 22.2 Å². The van der Waals surface area contributed by atoms with Crippen LogP contribution >= 0.6 is 0 Å². The number of carbonyl (C=O) groups is 1. The summed E-state index contributed by atoms with van der Waals surface area (Å²) < 4.78 is 19.0. The first-order valence-corrected chi connectivity index (χ1v) is 8.28. The molecule has 0 atom stereocenters. The molecule has 0 fully saturated rings. The van der Waals surface area contributed by atoms with E-state index < -0.39 is 0 Å². The number of hydrogen-bond donors (Lipinski definition) is 1. The van der Waals surface area contributed by atoms with Crippen LogP contribution in [0.2, 0.25) is 0 Å². The molecular formula is C20H21FN2O3. The van der Waals surface area contributed by atoms with E-state index in [2.05, 4.69) is 4.98 Å². The van der Waals surface area contributed by atoms with E-state index in [1.54, 1.807) is 20.2 Å². The Hall–Kier alpha value is -2.86. The van der Waals surface area contributed by atoms with E-state index in [-0.39, 0.29) is 18.1 Å². The van der Waals surface area contributed by atoms with Crippen LogP contribution in [0.3, 0.4) is 0 Å². The molecule has 0 bridgehead atoms. The number of hydroxylamine groups is 2. The van der Waals surface area contributed by atoms with Crippen molar-refractivity contribution in [1.29, 1.82) is 0 Å². The largest absolute Gasteiger partial charge is 0.497 e. The molecule has 1 N–H and O–H groups in total. The molecule has 3 aromatic rings. The van der Waals surface area contributed by atoms with Gasteiger partial charge in [-0.25, -0.2) is 9.45 Å². The number of nitrogens with one attached hydrogen (secondary N) is 1. The number of H-pyrrole nitrogens is 1. The molecule has 0 unspecified atom stereocenters. The summed E-state index contributed by atoms with van der Waals surface area (Å²) in [4.78, 5) is 20.4. The zero-order valence-electron chi connectivity index (χ0n) is 15.0. The maximum atomic E-state index is 13.8. The minimum absolute atomic E-state index is 0.140. The van der Waals surface area contributed by atoms with E-state index in [0.717, 1.165) is 33.5 Å². The van der Waals surface area contributed by atoms with Gasteiger partial charge in [0.2, 0.25) is 5.91 Å². The maximum absolute atomic E-state index is 13.8. The highest BCUT2D eigenvalue weighted by atomic mass is 19.1. The highest BCUT2D eigenvalue weighted by Gasteiger charge is 2.16. The third kappa shape index (κ3) is 3.55. The number of ether oxygens (including phenoxy) is 1. The minimum Gasteiger partial charge on any atom is -0.497 e. The van der Waals surface area contributed by atoms with Crippen LogP contribution in [0.4, 0.5) is 4.39 Å². The van der Waals surface area contributed by atoms with Crippen LogP contribution in [0.5, 0.6) is 5.75 Å². The number of methoxy groups -OCH3 is 1. The Labute approximate surface area is 151 Å². The van der Waals surface area contributed by atoms with E-state index in [1.807, 2.05) is 24.3 Å². The van der Waals surface area contributed by atoms with Crippen LogP contribution in [0, 0.1) is 5.82 Å². The van der Waals surface area contributed by atoms with Gasteiger partial charge in [-0.05, 0) is 60.0 Å². The zero-order valence-corrected chi connectivity index (χ0v) is 15.0. The van der Waals surface area contributed by atoms with Gasteiger partial charge in [0, 0.05) is 30.1 Å². The molecule has 136 valence electrons. The predicted molar refractivity (Wildman–Crippen MR) is 98.3 cm³/mol. The number of fused-ring (bicyclic) bond motifs is 1. The van der Waals surface area contributed by atoms with Gasteiger partial charge in [-0.3, -0.25) is 9.63 Å². The van der Waals surface area contributed by atoms with Crippen molar-refractivity contribution in [3.63, 3.8) is 0 Å². The summed E-state index contributed by atoms with van der Waals surface area (Å²) in [6, 6.07) is 12.2. The van der Waals surface area contributed by atoms with E-state index >= 15 is 0 Å². The summed E-state index contributed by atoms with van der Waals surface area (Å²) in [6.45, 7) is 0. The van der Waals surface area contributed by atoms with Gasteiger partial charge in [-0.2, -0.15) is 0 Å². The Morgan fingerprint density at radius 3 is 2.54 bits per heavy atom. The molecule has 3 rings (SSSR count). The number of benzene rings is 2. The molecule has 0 saturated carbocycles. The number of hydrogen-bond acceptors (Lipinski definition) is 3. The normalized spacial score (nSPS) is 10.9. The second-order valence-corrected chi connectivity index (χ2v) is 5.97. The van der Waals surface area contributed by atoms with Crippen LogP contribution < -0.4 is 4.74 Å². The molecule has 6 heteroatoms. The van der Waals surface area contributed by atoms with Gasteiger partial charge in [0.25, 0.3) is 0 Å². The lowest BCUT2D eigenvalue weighted by Gasteiger charge is -2.13. The predicted octanol–water partition coefficient (Wildman–Crippen LogP) is 3.94. The van der Waals surface area contributed by atoms with E-state index in [9.17, 15) is 9.18 Å². The summed E-state index contributed by atoms with van der Waals surface area (Å²) in [7, 11) is 4.63. The Morgan fingerprint density at radius 2 is 1.88 bits per heavy atom. The summed E-state index contributed by atoms with van der Waals surface area (Å²) in [6.07, 6.45) is 0.730. The summed E-state index contributed by atoms with van der Waals surface area (Å²) in [5, 5.41) is 1.98. The summed E-state index contributed by atoms with van der Waals surface area (Å²) >= 11 is 0. The fraction of sp³-hybridized carbons (Fsp3) is 0.250. The lowest BCUT2D eigenvalue weighted by molar-refractivity contribution is -0.168. The highest BCUT2D eigenvalue weighted by molar-refractivity contribution is 5.91. The number of aromatic amines is 1. The number of nitrogens with zero attached hydrogens (tertiary/aromatic N) is 1. The SMILES string of the molecule is COc1ccc(-c2[nH]c3ccc(F)cc3c2CCC(=O)N(C)OC)cc1. The van der Waals surface area contributed by atoms with Crippen LogP contribution in [0.15, 0.2) is 42.5 Å². The summed E-state index contributed by atoms with van der Waals surface area (Å²) in [5.41, 5.74) is 3.56. The first kappa shape index (κ1) is 17.9. The van der Waals surface area contributed by atoms with E-state index in [4.69, 9.17) is 9.57 Å². The third-order valence-corrected chi connectivity index (χ3v) is 4.46. The molecule has 1 heterocycles. The van der Waals surface area contributed by atoms with Crippen LogP contribution in [-0.4, -0.2) is 37.2 Å². The smallest absolute Gasteiger partial charge is 0.246 e. The molecule has 0 radical (unpaired) electrons. The van der Waals surface area contributed by atoms with Crippen molar-refractivity contribution in [2.45, 2.75) is 12.8 Å². The number of amides is 1. The van der Waals surface area contributed by atoms with Crippen molar-refractivity contribution in [3.8, 4) is 17.0 Å². The van der Waals surface area contributed by atoms with E-state index in [1.165, 1.54) is 24.3 Å². The number of carbonyl (C=O) groups excluding carboxylic acids is 1. The van der Waals surface area contributed by atoms with Crippen molar-refractivity contribution in [2.24, 2.45) is 0 Å². The Kier molecular flexibility index (Phi) is 5.23. The van der Waals surface area contributed by atoms with Crippen molar-refractivity contribution < 1.29 is 18.8 Å². The molecule has 0 aliphatic heterocycles. The molecule has 2 aromatic carbocycles. The Bertz CT molecular complexity index is 919. The first-order valence-electron chi connectivity index (χ1n) is 8.28. The number of aromatic nitrogens is 1. The van der Waals surface area contributed by atoms with Crippen molar-refractivity contribution in [1.82, 2.24) is 10.0 Å². The Balaban J connectivity index is 2.02. The monoisotopic (exact) mass is 356 g/mol. The second-order valence-electron chi connectivity index (χ2n) is 5.97. The first-order chi connectivity index (χ1) is 12.5. The van der Waals surface area contributed by atoms with Gasteiger partial charge in [0.05, 0.1) is 14.2 Å². The molecular weight excluding hydrogens is 335 g/mol. The topological polar surface area (TPSA) is 54.6 Å². The minimum atomic E-state index is -0.306. The van der Waals surface area contributed by atoms with Gasteiger partial charge >= 0.3 is 0 Å². The average Bonchev–Trinajstić information content (AvgIpc) is 3.03. The molecule has 0 spiro atoms. The molecule has 1 aromatic heterocycles. The number of halogens is 1. The van der Waals surface area contributed by atoms with Crippen molar-refractivity contribution in [3.05, 3.63) is 53.8 Å². The van der Waals surface area contributed by atoms with Crippen LogP contribution in [-0.2, 0) is 16.1 Å². The fourth-order valence-corrected chi connectivity index (χ4v) is 2.97. The van der Waals surface area contributed by atoms with Crippen LogP contribution in [0.1, 0.15) is 12.0 Å². The fourth-order valence-electron chi connectivity index (χ4n) is 2.97. The lowest BCUT2D eigenvalue weighted by atomic mass is 10.0. The van der Waals surface area contributed by atoms with Gasteiger partial charge in [0.15, 0.2) is 0 Å². The molecule has 0 aliphatic carbocycles. The Morgan fingerprint density at radius 1 is 1.15 bits per heavy atom. The quantitative estimate of drug-likeness (QED) is 0.681. The van der Waals surface area contributed by atoms with Gasteiger partial charge in [-0.1, -0.05) is 0 Å². The van der Waals surface area contributed by atoms with Gasteiger partial charge in [-0.15, -0.1) is 0 Å². The van der Waals surface area contributed by atoms with Crippen molar-refractivity contribution >= 4 is 16.8 Å². The second kappa shape index (κ2) is 7.58. The average molecular weight is 356 g/mol. The zero-order chi connectivity index (χ0) is 18.7. The molecule has 0 aliphatic rings. The molecule has 0 saturated heterocycles. The van der Waals surface area contributed by atoms with Gasteiger partial charge in [0.1, 0.15) is 11.6 Å². The van der Waals surface area contributed by atoms with Gasteiger partial charge < -0.3 is 9.72 Å². The maximum Gasteiger partial charge on any atom is 0.246 e. The number of rotatable bonds is 6. The number of aryl methyl sites for hydroxylation is 1.